The van der Waals surface area contributed by atoms with E-state index >= 15 is 0 Å². The smallest absolute Gasteiger partial charge is 0.0366 e. The first kappa shape index (κ1) is 11.5. The van der Waals surface area contributed by atoms with Gasteiger partial charge in [-0.2, -0.15) is 0 Å². The predicted molar refractivity (Wildman–Crippen MR) is 70.1 cm³/mol. The molecule has 0 spiro atoms. The second-order valence-electron chi connectivity index (χ2n) is 5.09. The number of hydrogen-bond acceptors (Lipinski definition) is 2. The van der Waals surface area contributed by atoms with Crippen LogP contribution < -0.4 is 10.2 Å². The summed E-state index contributed by atoms with van der Waals surface area (Å²) in [6.07, 6.45) is 1.26. The fraction of sp³-hybridized carbons (Fsp3) is 0.571. The summed E-state index contributed by atoms with van der Waals surface area (Å²) in [5.41, 5.74) is 2.69. The molecule has 2 heteroatoms. The van der Waals surface area contributed by atoms with Gasteiger partial charge in [-0.3, -0.25) is 0 Å². The van der Waals surface area contributed by atoms with E-state index in [2.05, 4.69) is 55.3 Å². The maximum absolute atomic E-state index is 3.61. The van der Waals surface area contributed by atoms with E-state index in [4.69, 9.17) is 0 Å². The topological polar surface area (TPSA) is 15.3 Å². The van der Waals surface area contributed by atoms with Crippen molar-refractivity contribution in [3.63, 3.8) is 0 Å². The Morgan fingerprint density at radius 1 is 1.25 bits per heavy atom. The van der Waals surface area contributed by atoms with Crippen molar-refractivity contribution >= 4 is 5.69 Å². The van der Waals surface area contributed by atoms with Crippen molar-refractivity contribution < 1.29 is 0 Å². The maximum atomic E-state index is 3.61. The van der Waals surface area contributed by atoms with Gasteiger partial charge in [0.05, 0.1) is 0 Å². The fourth-order valence-corrected chi connectivity index (χ4v) is 2.36. The van der Waals surface area contributed by atoms with Crippen LogP contribution in [-0.2, 0) is 0 Å². The summed E-state index contributed by atoms with van der Waals surface area (Å²) in [5.74, 6) is 0. The van der Waals surface area contributed by atoms with Crippen molar-refractivity contribution in [1.29, 1.82) is 0 Å². The van der Waals surface area contributed by atoms with Crippen LogP contribution in [0.4, 0.5) is 5.69 Å². The highest BCUT2D eigenvalue weighted by atomic mass is 15.2. The van der Waals surface area contributed by atoms with Crippen molar-refractivity contribution in [3.05, 3.63) is 29.8 Å². The average Bonchev–Trinajstić information content (AvgIpc) is 2.66. The molecule has 1 aromatic carbocycles. The van der Waals surface area contributed by atoms with Crippen LogP contribution >= 0.6 is 0 Å². The molecule has 1 aliphatic heterocycles. The Labute approximate surface area is 98.7 Å². The zero-order chi connectivity index (χ0) is 11.5. The molecule has 0 radical (unpaired) electrons. The Bertz CT molecular complexity index is 329. The maximum Gasteiger partial charge on any atom is 0.0366 e. The van der Waals surface area contributed by atoms with Crippen molar-refractivity contribution in [1.82, 2.24) is 5.32 Å². The first-order valence-electron chi connectivity index (χ1n) is 6.23. The van der Waals surface area contributed by atoms with Crippen molar-refractivity contribution in [2.24, 2.45) is 0 Å². The van der Waals surface area contributed by atoms with Crippen molar-refractivity contribution in [2.45, 2.75) is 39.3 Å². The summed E-state index contributed by atoms with van der Waals surface area (Å²) in [4.78, 5) is 2.47. The van der Waals surface area contributed by atoms with Crippen LogP contribution in [0, 0.1) is 6.92 Å². The molecule has 0 bridgehead atoms. The number of rotatable bonds is 3. The van der Waals surface area contributed by atoms with E-state index in [1.54, 1.807) is 0 Å². The normalized spacial score (nSPS) is 20.8. The van der Waals surface area contributed by atoms with Crippen LogP contribution in [0.15, 0.2) is 24.3 Å². The molecule has 0 aromatic heterocycles. The van der Waals surface area contributed by atoms with Gasteiger partial charge in [0.1, 0.15) is 0 Å². The summed E-state index contributed by atoms with van der Waals surface area (Å²) >= 11 is 0. The first-order valence-corrected chi connectivity index (χ1v) is 6.23. The number of nitrogens with zero attached hydrogens (tertiary/aromatic N) is 1. The Balaban J connectivity index is 1.95. The molecule has 1 unspecified atom stereocenters. The van der Waals surface area contributed by atoms with Crippen LogP contribution in [0.1, 0.15) is 25.8 Å². The number of hydrogen-bond donors (Lipinski definition) is 1. The lowest BCUT2D eigenvalue weighted by atomic mass is 10.2. The van der Waals surface area contributed by atoms with Gasteiger partial charge >= 0.3 is 0 Å². The third-order valence-corrected chi connectivity index (χ3v) is 3.16. The molecular weight excluding hydrogens is 196 g/mol. The van der Waals surface area contributed by atoms with Crippen LogP contribution in [0.2, 0.25) is 0 Å². The van der Waals surface area contributed by atoms with Crippen LogP contribution in [0.3, 0.4) is 0 Å². The molecule has 16 heavy (non-hydrogen) atoms. The minimum absolute atomic E-state index is 0.586. The molecule has 2 nitrogen and oxygen atoms in total. The van der Waals surface area contributed by atoms with E-state index in [1.807, 2.05) is 0 Å². The molecule has 1 atom stereocenters. The Hall–Kier alpha value is -1.02. The quantitative estimate of drug-likeness (QED) is 0.839. The molecular formula is C14H22N2. The summed E-state index contributed by atoms with van der Waals surface area (Å²) in [5, 5.41) is 3.61. The highest BCUT2D eigenvalue weighted by Crippen LogP contribution is 2.20. The second kappa shape index (κ2) is 4.88. The van der Waals surface area contributed by atoms with Gasteiger partial charge in [0, 0.05) is 30.9 Å². The molecule has 1 aromatic rings. The average molecular weight is 218 g/mol. The Morgan fingerprint density at radius 3 is 2.56 bits per heavy atom. The van der Waals surface area contributed by atoms with Gasteiger partial charge in [-0.1, -0.05) is 31.5 Å². The minimum atomic E-state index is 0.586. The van der Waals surface area contributed by atoms with E-state index < -0.39 is 0 Å². The van der Waals surface area contributed by atoms with E-state index in [0.29, 0.717) is 12.1 Å². The largest absolute Gasteiger partial charge is 0.370 e. The highest BCUT2D eigenvalue weighted by molar-refractivity contribution is 5.48. The second-order valence-corrected chi connectivity index (χ2v) is 5.09. The van der Waals surface area contributed by atoms with Crippen molar-refractivity contribution in [2.75, 3.05) is 18.0 Å². The third kappa shape index (κ3) is 2.76. The van der Waals surface area contributed by atoms with Gasteiger partial charge in [0.25, 0.3) is 0 Å². The zero-order valence-corrected chi connectivity index (χ0v) is 10.5. The van der Waals surface area contributed by atoms with E-state index in [0.717, 1.165) is 6.54 Å². The summed E-state index contributed by atoms with van der Waals surface area (Å²) in [7, 11) is 0. The van der Waals surface area contributed by atoms with Gasteiger partial charge in [0.2, 0.25) is 0 Å². The Morgan fingerprint density at radius 2 is 1.94 bits per heavy atom. The first-order chi connectivity index (χ1) is 7.65. The van der Waals surface area contributed by atoms with Crippen LogP contribution in [-0.4, -0.2) is 25.2 Å². The lowest BCUT2D eigenvalue weighted by molar-refractivity contribution is 0.492. The molecule has 88 valence electrons. The lowest BCUT2D eigenvalue weighted by Gasteiger charge is -2.20. The molecule has 0 aliphatic carbocycles. The number of benzene rings is 1. The highest BCUT2D eigenvalue weighted by Gasteiger charge is 2.22. The minimum Gasteiger partial charge on any atom is -0.370 e. The van der Waals surface area contributed by atoms with Gasteiger partial charge in [0.15, 0.2) is 0 Å². The third-order valence-electron chi connectivity index (χ3n) is 3.16. The molecule has 0 saturated carbocycles. The van der Waals surface area contributed by atoms with E-state index in [9.17, 15) is 0 Å². The lowest BCUT2D eigenvalue weighted by Crippen LogP contribution is -2.36. The summed E-state index contributed by atoms with van der Waals surface area (Å²) in [6, 6.07) is 10.1. The monoisotopic (exact) mass is 218 g/mol. The summed E-state index contributed by atoms with van der Waals surface area (Å²) < 4.78 is 0. The van der Waals surface area contributed by atoms with Crippen LogP contribution in [0.25, 0.3) is 0 Å². The van der Waals surface area contributed by atoms with E-state index in [-0.39, 0.29) is 0 Å². The predicted octanol–water partition coefficient (Wildman–Crippen LogP) is 2.57. The van der Waals surface area contributed by atoms with Gasteiger partial charge in [-0.15, -0.1) is 0 Å². The Kier molecular flexibility index (Phi) is 3.49. The fourth-order valence-electron chi connectivity index (χ4n) is 2.36. The molecule has 1 fully saturated rings. The zero-order valence-electron chi connectivity index (χ0n) is 10.5. The van der Waals surface area contributed by atoms with Crippen molar-refractivity contribution in [3.8, 4) is 0 Å². The van der Waals surface area contributed by atoms with Gasteiger partial charge in [-0.05, 0) is 25.5 Å². The van der Waals surface area contributed by atoms with Gasteiger partial charge in [-0.25, -0.2) is 0 Å². The molecule has 1 saturated heterocycles. The molecule has 2 rings (SSSR count). The van der Waals surface area contributed by atoms with E-state index in [1.165, 1.54) is 24.2 Å². The number of aryl methyl sites for hydroxylation is 1. The number of anilines is 1. The SMILES string of the molecule is Cc1ccc(N2CCC(NC(C)C)C2)cc1. The summed E-state index contributed by atoms with van der Waals surface area (Å²) in [6.45, 7) is 8.88. The molecule has 1 N–H and O–H groups in total. The molecule has 1 heterocycles. The molecule has 1 aliphatic rings. The van der Waals surface area contributed by atoms with Gasteiger partial charge < -0.3 is 10.2 Å². The molecule has 0 amide bonds. The van der Waals surface area contributed by atoms with Crippen LogP contribution in [0.5, 0.6) is 0 Å². The standard InChI is InChI=1S/C14H22N2/c1-11(2)15-13-8-9-16(10-13)14-6-4-12(3)5-7-14/h4-7,11,13,15H,8-10H2,1-3H3. The number of nitrogens with one attached hydrogen (secondary N) is 1.